The van der Waals surface area contributed by atoms with Gasteiger partial charge in [-0.1, -0.05) is 0 Å². The lowest BCUT2D eigenvalue weighted by molar-refractivity contribution is -0.119. The first-order chi connectivity index (χ1) is 7.85. The number of rotatable bonds is 2. The predicted octanol–water partition coefficient (Wildman–Crippen LogP) is 2.18. The van der Waals surface area contributed by atoms with Crippen molar-refractivity contribution in [2.24, 2.45) is 0 Å². The number of anilines is 2. The molecule has 1 aromatic rings. The summed E-state index contributed by atoms with van der Waals surface area (Å²) < 4.78 is 36.7. The van der Waals surface area contributed by atoms with E-state index in [0.717, 1.165) is 10.5 Å². The summed E-state index contributed by atoms with van der Waals surface area (Å²) in [6.45, 7) is -1.01. The molecule has 0 spiro atoms. The van der Waals surface area contributed by atoms with Gasteiger partial charge in [0.05, 0.1) is 6.42 Å². The number of carbonyl (C=O) groups excluding carboxylic acids is 1. The monoisotopic (exact) mass is 244 g/mol. The highest BCUT2D eigenvalue weighted by Gasteiger charge is 2.29. The molecular formula is C11H11F3N2O. The molecule has 0 aliphatic carbocycles. The summed E-state index contributed by atoms with van der Waals surface area (Å²) in [5.41, 5.74) is 1.87. The Balaban J connectivity index is 2.18. The van der Waals surface area contributed by atoms with Gasteiger partial charge in [0.2, 0.25) is 5.91 Å². The van der Waals surface area contributed by atoms with Gasteiger partial charge in [0.15, 0.2) is 0 Å². The molecule has 1 aliphatic rings. The number of fused-ring (bicyclic) bond motifs is 1. The molecule has 1 N–H and O–H groups in total. The Labute approximate surface area is 96.2 Å². The number of nitrogens with zero attached hydrogens (tertiary/aromatic N) is 1. The Morgan fingerprint density at radius 2 is 2.12 bits per heavy atom. The molecule has 17 heavy (non-hydrogen) atoms. The molecule has 0 saturated carbocycles. The first-order valence-corrected chi connectivity index (χ1v) is 5.06. The highest BCUT2D eigenvalue weighted by molar-refractivity contribution is 5.99. The third kappa shape index (κ3) is 2.69. The number of carbonyl (C=O) groups is 1. The van der Waals surface area contributed by atoms with E-state index in [-0.39, 0.29) is 12.3 Å². The Kier molecular flexibility index (Phi) is 2.73. The van der Waals surface area contributed by atoms with Crippen LogP contribution in [0, 0.1) is 0 Å². The van der Waals surface area contributed by atoms with E-state index in [1.165, 1.54) is 7.05 Å². The molecule has 1 aromatic carbocycles. The lowest BCUT2D eigenvalue weighted by Crippen LogP contribution is -2.30. The van der Waals surface area contributed by atoms with Gasteiger partial charge in [0.1, 0.15) is 6.54 Å². The second-order valence-electron chi connectivity index (χ2n) is 4.04. The molecule has 1 aliphatic heterocycles. The van der Waals surface area contributed by atoms with Crippen LogP contribution in [0.1, 0.15) is 5.56 Å². The fraction of sp³-hybridized carbons (Fsp3) is 0.364. The second-order valence-corrected chi connectivity index (χ2v) is 4.04. The average Bonchev–Trinajstić information content (AvgIpc) is 2.53. The molecular weight excluding hydrogens is 233 g/mol. The van der Waals surface area contributed by atoms with Crippen molar-refractivity contribution in [2.45, 2.75) is 12.6 Å². The highest BCUT2D eigenvalue weighted by Crippen LogP contribution is 2.28. The van der Waals surface area contributed by atoms with Gasteiger partial charge in [0.25, 0.3) is 0 Å². The predicted molar refractivity (Wildman–Crippen MR) is 58.1 cm³/mol. The number of hydrogen-bond donors (Lipinski definition) is 1. The molecule has 0 atom stereocenters. The maximum Gasteiger partial charge on any atom is 0.405 e. The van der Waals surface area contributed by atoms with Crippen LogP contribution >= 0.6 is 0 Å². The van der Waals surface area contributed by atoms with Crippen molar-refractivity contribution in [1.82, 2.24) is 0 Å². The van der Waals surface area contributed by atoms with Gasteiger partial charge in [-0.2, -0.15) is 13.2 Å². The van der Waals surface area contributed by atoms with Crippen LogP contribution in [0.15, 0.2) is 18.2 Å². The maximum atomic E-state index is 12.2. The van der Waals surface area contributed by atoms with Crippen molar-refractivity contribution in [3.8, 4) is 0 Å². The summed E-state index contributed by atoms with van der Waals surface area (Å²) in [6.07, 6.45) is -4.01. The van der Waals surface area contributed by atoms with Crippen LogP contribution in [0.3, 0.4) is 0 Å². The van der Waals surface area contributed by atoms with E-state index in [0.29, 0.717) is 11.4 Å². The van der Waals surface area contributed by atoms with Crippen LogP contribution in [-0.2, 0) is 11.2 Å². The topological polar surface area (TPSA) is 32.3 Å². The fourth-order valence-electron chi connectivity index (χ4n) is 1.81. The van der Waals surface area contributed by atoms with Crippen molar-refractivity contribution in [1.29, 1.82) is 0 Å². The van der Waals surface area contributed by atoms with Gasteiger partial charge in [-0.15, -0.1) is 0 Å². The van der Waals surface area contributed by atoms with Gasteiger partial charge >= 0.3 is 6.18 Å². The molecule has 1 heterocycles. The molecule has 2 rings (SSSR count). The Morgan fingerprint density at radius 3 is 2.76 bits per heavy atom. The molecule has 6 heteroatoms. The molecule has 3 nitrogen and oxygen atoms in total. The van der Waals surface area contributed by atoms with Crippen molar-refractivity contribution >= 4 is 17.3 Å². The fourth-order valence-corrected chi connectivity index (χ4v) is 1.81. The van der Waals surface area contributed by atoms with Gasteiger partial charge in [-0.3, -0.25) is 4.79 Å². The zero-order valence-electron chi connectivity index (χ0n) is 9.14. The van der Waals surface area contributed by atoms with Crippen LogP contribution in [0.5, 0.6) is 0 Å². The van der Waals surface area contributed by atoms with Crippen molar-refractivity contribution in [3.63, 3.8) is 0 Å². The largest absolute Gasteiger partial charge is 0.405 e. The highest BCUT2D eigenvalue weighted by atomic mass is 19.4. The second kappa shape index (κ2) is 3.94. The van der Waals surface area contributed by atoms with E-state index in [9.17, 15) is 18.0 Å². The third-order valence-electron chi connectivity index (χ3n) is 2.57. The third-order valence-corrected chi connectivity index (χ3v) is 2.57. The van der Waals surface area contributed by atoms with Crippen molar-refractivity contribution in [3.05, 3.63) is 23.8 Å². The average molecular weight is 244 g/mol. The maximum absolute atomic E-state index is 12.2. The number of amides is 1. The smallest absolute Gasteiger partial charge is 0.366 e. The minimum atomic E-state index is -4.23. The van der Waals surface area contributed by atoms with Crippen LogP contribution in [0.2, 0.25) is 0 Å². The quantitative estimate of drug-likeness (QED) is 0.864. The normalized spacial score (nSPS) is 14.5. The summed E-state index contributed by atoms with van der Waals surface area (Å²) in [6, 6.07) is 4.80. The van der Waals surface area contributed by atoms with Crippen molar-refractivity contribution < 1.29 is 18.0 Å². The summed E-state index contributed by atoms with van der Waals surface area (Å²) in [4.78, 5) is 12.2. The van der Waals surface area contributed by atoms with Gasteiger partial charge in [-0.05, 0) is 23.8 Å². The lowest BCUT2D eigenvalue weighted by Gasteiger charge is -2.21. The molecule has 92 valence electrons. The van der Waals surface area contributed by atoms with E-state index < -0.39 is 12.7 Å². The summed E-state index contributed by atoms with van der Waals surface area (Å²) in [5.74, 6) is -0.129. The van der Waals surface area contributed by atoms with E-state index in [1.54, 1.807) is 18.2 Å². The number of benzene rings is 1. The van der Waals surface area contributed by atoms with Crippen LogP contribution in [0.4, 0.5) is 24.5 Å². The van der Waals surface area contributed by atoms with E-state index in [1.807, 2.05) is 0 Å². The van der Waals surface area contributed by atoms with Crippen LogP contribution < -0.4 is 10.2 Å². The molecule has 0 aromatic heterocycles. The number of alkyl halides is 3. The summed E-state index contributed by atoms with van der Waals surface area (Å²) in [7, 11) is 1.37. The van der Waals surface area contributed by atoms with E-state index in [2.05, 4.69) is 5.32 Å². The van der Waals surface area contributed by atoms with Gasteiger partial charge < -0.3 is 10.2 Å². The molecule has 0 bridgehead atoms. The van der Waals surface area contributed by atoms with Crippen molar-refractivity contribution in [2.75, 3.05) is 23.8 Å². The zero-order chi connectivity index (χ0) is 12.6. The van der Waals surface area contributed by atoms with E-state index in [4.69, 9.17) is 0 Å². The zero-order valence-corrected chi connectivity index (χ0v) is 9.14. The summed E-state index contributed by atoms with van der Waals surface area (Å²) in [5, 5.41) is 2.63. The van der Waals surface area contributed by atoms with Gasteiger partial charge in [0, 0.05) is 18.4 Å². The first-order valence-electron chi connectivity index (χ1n) is 5.06. The SMILES string of the molecule is CN(CC(F)(F)F)c1ccc2c(c1)CC(=O)N2. The minimum absolute atomic E-state index is 0.129. The standard InChI is InChI=1S/C11H11F3N2O/c1-16(6-11(12,13)14)8-2-3-9-7(4-8)5-10(17)15-9/h2-4H,5-6H2,1H3,(H,15,17). The first kappa shape index (κ1) is 11.8. The Bertz CT molecular complexity index is 457. The molecule has 0 saturated heterocycles. The molecule has 1 amide bonds. The minimum Gasteiger partial charge on any atom is -0.366 e. The number of nitrogens with one attached hydrogen (secondary N) is 1. The molecule has 0 fully saturated rings. The number of hydrogen-bond acceptors (Lipinski definition) is 2. The molecule has 0 unspecified atom stereocenters. The van der Waals surface area contributed by atoms with Crippen LogP contribution in [-0.4, -0.2) is 25.7 Å². The number of halogens is 3. The molecule has 0 radical (unpaired) electrons. The Morgan fingerprint density at radius 1 is 1.41 bits per heavy atom. The summed E-state index contributed by atoms with van der Waals surface area (Å²) >= 11 is 0. The lowest BCUT2D eigenvalue weighted by atomic mass is 10.1. The van der Waals surface area contributed by atoms with Gasteiger partial charge in [-0.25, -0.2) is 0 Å². The van der Waals surface area contributed by atoms with Crippen LogP contribution in [0.25, 0.3) is 0 Å². The van der Waals surface area contributed by atoms with E-state index >= 15 is 0 Å². The Hall–Kier alpha value is -1.72.